The molecule has 0 spiro atoms. The van der Waals surface area contributed by atoms with Gasteiger partial charge in [-0.15, -0.1) is 0 Å². The molecule has 0 bridgehead atoms. The van der Waals surface area contributed by atoms with E-state index in [4.69, 9.17) is 0 Å². The van der Waals surface area contributed by atoms with Crippen molar-refractivity contribution in [1.82, 2.24) is 4.57 Å². The molecule has 2 aromatic carbocycles. The van der Waals surface area contributed by atoms with Crippen LogP contribution in [0, 0.1) is 5.82 Å². The normalized spacial score (nSPS) is 10.5. The fourth-order valence-corrected chi connectivity index (χ4v) is 2.38. The van der Waals surface area contributed by atoms with Crippen molar-refractivity contribution in [2.75, 3.05) is 5.32 Å². The Hall–Kier alpha value is -2.88. The van der Waals surface area contributed by atoms with Gasteiger partial charge in [-0.3, -0.25) is 4.79 Å². The Bertz CT molecular complexity index is 843. The average molecular weight is 308 g/mol. The van der Waals surface area contributed by atoms with Gasteiger partial charge in [0.05, 0.1) is 6.54 Å². The zero-order chi connectivity index (χ0) is 16.1. The van der Waals surface area contributed by atoms with E-state index >= 15 is 0 Å². The van der Waals surface area contributed by atoms with Crippen LogP contribution in [-0.2, 0) is 13.1 Å². The molecule has 1 N–H and O–H groups in total. The summed E-state index contributed by atoms with van der Waals surface area (Å²) in [5, 5.41) is 3.23. The third-order valence-electron chi connectivity index (χ3n) is 3.58. The molecule has 0 atom stereocenters. The molecule has 3 rings (SSSR count). The van der Waals surface area contributed by atoms with Crippen LogP contribution in [0.4, 0.5) is 10.1 Å². The molecule has 0 saturated carbocycles. The summed E-state index contributed by atoms with van der Waals surface area (Å²) >= 11 is 0. The van der Waals surface area contributed by atoms with Gasteiger partial charge < -0.3 is 9.88 Å². The summed E-state index contributed by atoms with van der Waals surface area (Å²) in [5.74, 6) is -0.295. The Morgan fingerprint density at radius 2 is 1.70 bits per heavy atom. The largest absolute Gasteiger partial charge is 0.381 e. The summed E-state index contributed by atoms with van der Waals surface area (Å²) in [6.45, 7) is 1.02. The third-order valence-corrected chi connectivity index (χ3v) is 3.58. The van der Waals surface area contributed by atoms with Gasteiger partial charge in [-0.05, 0) is 29.3 Å². The lowest BCUT2D eigenvalue weighted by molar-refractivity contribution is 0.623. The van der Waals surface area contributed by atoms with Crippen LogP contribution in [0.3, 0.4) is 0 Å². The molecule has 0 unspecified atom stereocenters. The first-order valence-corrected chi connectivity index (χ1v) is 7.43. The van der Waals surface area contributed by atoms with E-state index in [1.807, 2.05) is 36.4 Å². The quantitative estimate of drug-likeness (QED) is 0.780. The van der Waals surface area contributed by atoms with Crippen LogP contribution in [0.1, 0.15) is 11.1 Å². The fraction of sp³-hybridized carbons (Fsp3) is 0.105. The Morgan fingerprint density at radius 3 is 2.43 bits per heavy atom. The van der Waals surface area contributed by atoms with Crippen molar-refractivity contribution in [1.29, 1.82) is 0 Å². The maximum absolute atomic E-state index is 13.2. The predicted molar refractivity (Wildman–Crippen MR) is 90.0 cm³/mol. The first-order valence-electron chi connectivity index (χ1n) is 7.43. The maximum Gasteiger partial charge on any atom is 0.252 e. The molecule has 0 aliphatic carbocycles. The summed E-state index contributed by atoms with van der Waals surface area (Å²) < 4.78 is 14.8. The highest BCUT2D eigenvalue weighted by molar-refractivity contribution is 5.42. The summed E-state index contributed by atoms with van der Waals surface area (Å²) in [7, 11) is 0. The lowest BCUT2D eigenvalue weighted by Gasteiger charge is -2.09. The average Bonchev–Trinajstić information content (AvgIpc) is 2.56. The van der Waals surface area contributed by atoms with Crippen LogP contribution >= 0.6 is 0 Å². The van der Waals surface area contributed by atoms with E-state index in [-0.39, 0.29) is 11.4 Å². The molecular formula is C19H17FN2O. The van der Waals surface area contributed by atoms with E-state index in [0.717, 1.165) is 16.8 Å². The number of nitrogens with zero attached hydrogens (tertiary/aromatic N) is 1. The molecule has 0 fully saturated rings. The number of benzene rings is 2. The van der Waals surface area contributed by atoms with Crippen molar-refractivity contribution in [3.63, 3.8) is 0 Å². The molecule has 116 valence electrons. The van der Waals surface area contributed by atoms with Gasteiger partial charge in [0.1, 0.15) is 5.82 Å². The minimum atomic E-state index is -0.295. The van der Waals surface area contributed by atoms with Crippen LogP contribution in [0.5, 0.6) is 0 Å². The van der Waals surface area contributed by atoms with E-state index in [2.05, 4.69) is 5.32 Å². The van der Waals surface area contributed by atoms with Crippen molar-refractivity contribution in [2.45, 2.75) is 13.1 Å². The molecule has 0 aliphatic rings. The first-order chi connectivity index (χ1) is 11.2. The predicted octanol–water partition coefficient (Wildman–Crippen LogP) is 3.65. The second-order valence-corrected chi connectivity index (χ2v) is 5.35. The molecule has 0 amide bonds. The van der Waals surface area contributed by atoms with Gasteiger partial charge in [0, 0.05) is 24.5 Å². The van der Waals surface area contributed by atoms with Crippen molar-refractivity contribution >= 4 is 5.69 Å². The van der Waals surface area contributed by atoms with Crippen molar-refractivity contribution < 1.29 is 4.39 Å². The van der Waals surface area contributed by atoms with E-state index < -0.39 is 0 Å². The van der Waals surface area contributed by atoms with E-state index in [9.17, 15) is 9.18 Å². The second kappa shape index (κ2) is 6.92. The second-order valence-electron chi connectivity index (χ2n) is 5.35. The number of hydrogen-bond donors (Lipinski definition) is 1. The molecular weight excluding hydrogens is 291 g/mol. The topological polar surface area (TPSA) is 34.0 Å². The number of nitrogens with one attached hydrogen (secondary N) is 1. The van der Waals surface area contributed by atoms with E-state index in [1.165, 1.54) is 12.1 Å². The van der Waals surface area contributed by atoms with Gasteiger partial charge in [0.25, 0.3) is 5.56 Å². The third kappa shape index (κ3) is 4.07. The number of halogens is 1. The van der Waals surface area contributed by atoms with Crippen molar-refractivity contribution in [3.05, 3.63) is 100 Å². The van der Waals surface area contributed by atoms with Crippen molar-refractivity contribution in [2.24, 2.45) is 0 Å². The smallest absolute Gasteiger partial charge is 0.252 e. The summed E-state index contributed by atoms with van der Waals surface area (Å²) in [6.07, 6.45) is 1.72. The number of anilines is 1. The van der Waals surface area contributed by atoms with Crippen LogP contribution in [0.2, 0.25) is 0 Å². The van der Waals surface area contributed by atoms with E-state index in [0.29, 0.717) is 13.1 Å². The zero-order valence-electron chi connectivity index (χ0n) is 12.6. The highest BCUT2D eigenvalue weighted by atomic mass is 19.1. The number of pyridine rings is 1. The Labute approximate surface area is 134 Å². The van der Waals surface area contributed by atoms with Crippen LogP contribution in [-0.4, -0.2) is 4.57 Å². The fourth-order valence-electron chi connectivity index (χ4n) is 2.38. The molecule has 3 nitrogen and oxygen atoms in total. The van der Waals surface area contributed by atoms with Gasteiger partial charge >= 0.3 is 0 Å². The molecule has 1 heterocycles. The van der Waals surface area contributed by atoms with Gasteiger partial charge in [0.2, 0.25) is 0 Å². The molecule has 0 aliphatic heterocycles. The number of aromatic nitrogens is 1. The Morgan fingerprint density at radius 1 is 0.913 bits per heavy atom. The van der Waals surface area contributed by atoms with Gasteiger partial charge in [0.15, 0.2) is 0 Å². The van der Waals surface area contributed by atoms with Crippen LogP contribution < -0.4 is 10.9 Å². The minimum Gasteiger partial charge on any atom is -0.381 e. The van der Waals surface area contributed by atoms with Gasteiger partial charge in [-0.1, -0.05) is 42.5 Å². The lowest BCUT2D eigenvalue weighted by Crippen LogP contribution is -2.19. The Balaban J connectivity index is 1.69. The SMILES string of the molecule is O=c1cc(NCc2ccccc2)ccn1Cc1cccc(F)c1. The Kier molecular flexibility index (Phi) is 4.52. The van der Waals surface area contributed by atoms with E-state index in [1.54, 1.807) is 29.0 Å². The van der Waals surface area contributed by atoms with Crippen molar-refractivity contribution in [3.8, 4) is 0 Å². The number of rotatable bonds is 5. The standard InChI is InChI=1S/C19H17FN2O/c20-17-8-4-7-16(11-17)14-22-10-9-18(12-19(22)23)21-13-15-5-2-1-3-6-15/h1-12,21H,13-14H2. The first kappa shape index (κ1) is 15.0. The maximum atomic E-state index is 13.2. The summed E-state index contributed by atoms with van der Waals surface area (Å²) in [4.78, 5) is 12.2. The lowest BCUT2D eigenvalue weighted by atomic mass is 10.2. The van der Waals surface area contributed by atoms with Gasteiger partial charge in [-0.2, -0.15) is 0 Å². The molecule has 3 aromatic rings. The monoisotopic (exact) mass is 308 g/mol. The number of hydrogen-bond acceptors (Lipinski definition) is 2. The molecule has 23 heavy (non-hydrogen) atoms. The molecule has 1 aromatic heterocycles. The molecule has 4 heteroatoms. The highest BCUT2D eigenvalue weighted by Gasteiger charge is 2.01. The molecule has 0 radical (unpaired) electrons. The van der Waals surface area contributed by atoms with Gasteiger partial charge in [-0.25, -0.2) is 4.39 Å². The summed E-state index contributed by atoms with van der Waals surface area (Å²) in [5.41, 5.74) is 2.57. The van der Waals surface area contributed by atoms with Crippen LogP contribution in [0.15, 0.2) is 77.7 Å². The molecule has 0 saturated heterocycles. The minimum absolute atomic E-state index is 0.118. The highest BCUT2D eigenvalue weighted by Crippen LogP contribution is 2.08. The zero-order valence-corrected chi connectivity index (χ0v) is 12.6. The van der Waals surface area contributed by atoms with Crippen LogP contribution in [0.25, 0.3) is 0 Å². The summed E-state index contributed by atoms with van der Waals surface area (Å²) in [6, 6.07) is 19.7.